The van der Waals surface area contributed by atoms with Crippen molar-refractivity contribution in [3.8, 4) is 11.4 Å². The summed E-state index contributed by atoms with van der Waals surface area (Å²) in [5, 5.41) is 3.43. The summed E-state index contributed by atoms with van der Waals surface area (Å²) in [6, 6.07) is 3.91. The van der Waals surface area contributed by atoms with Crippen LogP contribution in [0.25, 0.3) is 17.2 Å². The van der Waals surface area contributed by atoms with Crippen molar-refractivity contribution in [3.63, 3.8) is 0 Å². The van der Waals surface area contributed by atoms with Gasteiger partial charge in [0, 0.05) is 30.6 Å². The van der Waals surface area contributed by atoms with Crippen LogP contribution in [0, 0.1) is 6.92 Å². The van der Waals surface area contributed by atoms with E-state index >= 15 is 0 Å². The van der Waals surface area contributed by atoms with Crippen LogP contribution < -0.4 is 5.32 Å². The van der Waals surface area contributed by atoms with Crippen LogP contribution in [0.5, 0.6) is 0 Å². The molecular formula is C16H18N6. The Bertz CT molecular complexity index is 803. The lowest BCUT2D eigenvalue weighted by atomic mass is 9.98. The van der Waals surface area contributed by atoms with Gasteiger partial charge in [-0.3, -0.25) is 4.40 Å². The van der Waals surface area contributed by atoms with Crippen LogP contribution in [0.2, 0.25) is 0 Å². The van der Waals surface area contributed by atoms with Gasteiger partial charge in [0.15, 0.2) is 0 Å². The fourth-order valence-electron chi connectivity index (χ4n) is 2.99. The normalized spacial score (nSPS) is 18.7. The van der Waals surface area contributed by atoms with Crippen molar-refractivity contribution in [3.05, 3.63) is 42.2 Å². The predicted octanol–water partition coefficient (Wildman–Crippen LogP) is 1.96. The standard InChI is InChI=1S/C16H18N6/c1-11-8-13(14-10-19-16-18-6-3-7-22(14)16)21-15(20-11)12-4-2-5-17-9-12/h3,6-8,10,12,17H,2,4-5,9H2,1H3/t12-/m1/s1. The Hall–Kier alpha value is -2.34. The molecule has 3 aromatic heterocycles. The smallest absolute Gasteiger partial charge is 0.234 e. The van der Waals surface area contributed by atoms with E-state index in [9.17, 15) is 0 Å². The third kappa shape index (κ3) is 2.35. The first kappa shape index (κ1) is 13.3. The number of aryl methyl sites for hydroxylation is 1. The lowest BCUT2D eigenvalue weighted by Gasteiger charge is -2.22. The third-order valence-electron chi connectivity index (χ3n) is 4.08. The highest BCUT2D eigenvalue weighted by molar-refractivity contribution is 5.58. The summed E-state index contributed by atoms with van der Waals surface area (Å²) in [6.07, 6.45) is 7.86. The molecule has 0 bridgehead atoms. The molecule has 0 aromatic carbocycles. The monoisotopic (exact) mass is 294 g/mol. The number of piperidine rings is 1. The zero-order chi connectivity index (χ0) is 14.9. The molecule has 6 nitrogen and oxygen atoms in total. The van der Waals surface area contributed by atoms with Crippen LogP contribution >= 0.6 is 0 Å². The van der Waals surface area contributed by atoms with Crippen LogP contribution in [0.4, 0.5) is 0 Å². The molecule has 1 aliphatic heterocycles. The first-order valence-electron chi connectivity index (χ1n) is 7.66. The number of hydrogen-bond acceptors (Lipinski definition) is 5. The number of nitrogens with one attached hydrogen (secondary N) is 1. The van der Waals surface area contributed by atoms with Crippen LogP contribution in [0.15, 0.2) is 30.7 Å². The van der Waals surface area contributed by atoms with Crippen molar-refractivity contribution in [2.45, 2.75) is 25.7 Å². The molecule has 112 valence electrons. The molecule has 0 unspecified atom stereocenters. The van der Waals surface area contributed by atoms with Crippen molar-refractivity contribution in [1.82, 2.24) is 29.7 Å². The fraction of sp³-hybridized carbons (Fsp3) is 0.375. The maximum atomic E-state index is 4.81. The lowest BCUT2D eigenvalue weighted by Crippen LogP contribution is -2.29. The van der Waals surface area contributed by atoms with Crippen molar-refractivity contribution >= 4 is 5.78 Å². The Kier molecular flexibility index (Phi) is 3.31. The Morgan fingerprint density at radius 2 is 2.23 bits per heavy atom. The summed E-state index contributed by atoms with van der Waals surface area (Å²) in [4.78, 5) is 18.1. The summed E-state index contributed by atoms with van der Waals surface area (Å²) in [5.41, 5.74) is 2.86. The number of fused-ring (bicyclic) bond motifs is 1. The van der Waals surface area contributed by atoms with E-state index in [-0.39, 0.29) is 0 Å². The van der Waals surface area contributed by atoms with E-state index in [1.165, 1.54) is 6.42 Å². The molecule has 1 saturated heterocycles. The molecule has 1 atom stereocenters. The molecular weight excluding hydrogens is 276 g/mol. The molecule has 22 heavy (non-hydrogen) atoms. The summed E-state index contributed by atoms with van der Waals surface area (Å²) in [6.45, 7) is 4.07. The van der Waals surface area contributed by atoms with Gasteiger partial charge in [-0.2, -0.15) is 0 Å². The minimum Gasteiger partial charge on any atom is -0.316 e. The molecule has 0 radical (unpaired) electrons. The Labute approximate surface area is 128 Å². The maximum absolute atomic E-state index is 4.81. The first-order valence-corrected chi connectivity index (χ1v) is 7.66. The van der Waals surface area contributed by atoms with Crippen molar-refractivity contribution in [2.75, 3.05) is 13.1 Å². The zero-order valence-electron chi connectivity index (χ0n) is 12.5. The summed E-state index contributed by atoms with van der Waals surface area (Å²) >= 11 is 0. The summed E-state index contributed by atoms with van der Waals surface area (Å²) in [7, 11) is 0. The van der Waals surface area contributed by atoms with Gasteiger partial charge in [-0.1, -0.05) is 0 Å². The molecule has 1 fully saturated rings. The highest BCUT2D eigenvalue weighted by Gasteiger charge is 2.19. The second-order valence-electron chi connectivity index (χ2n) is 5.73. The van der Waals surface area contributed by atoms with E-state index < -0.39 is 0 Å². The van der Waals surface area contributed by atoms with E-state index in [0.717, 1.165) is 42.4 Å². The Morgan fingerprint density at radius 1 is 1.27 bits per heavy atom. The van der Waals surface area contributed by atoms with Gasteiger partial charge in [-0.25, -0.2) is 19.9 Å². The Morgan fingerprint density at radius 3 is 3.09 bits per heavy atom. The SMILES string of the molecule is Cc1cc(-c2cnc3ncccn23)nc([C@@H]2CCCNC2)n1. The van der Waals surface area contributed by atoms with Crippen molar-refractivity contribution in [1.29, 1.82) is 0 Å². The van der Waals surface area contributed by atoms with E-state index in [0.29, 0.717) is 11.7 Å². The third-order valence-corrected chi connectivity index (χ3v) is 4.08. The van der Waals surface area contributed by atoms with Crippen LogP contribution in [0.3, 0.4) is 0 Å². The quantitative estimate of drug-likeness (QED) is 0.782. The predicted molar refractivity (Wildman–Crippen MR) is 83.6 cm³/mol. The molecule has 0 aliphatic carbocycles. The van der Waals surface area contributed by atoms with Gasteiger partial charge in [0.1, 0.15) is 5.82 Å². The van der Waals surface area contributed by atoms with Crippen molar-refractivity contribution in [2.24, 2.45) is 0 Å². The molecule has 0 spiro atoms. The van der Waals surface area contributed by atoms with Crippen LogP contribution in [0.1, 0.15) is 30.3 Å². The molecule has 0 amide bonds. The zero-order valence-corrected chi connectivity index (χ0v) is 12.5. The molecule has 6 heteroatoms. The van der Waals surface area contributed by atoms with Gasteiger partial charge < -0.3 is 5.32 Å². The summed E-state index contributed by atoms with van der Waals surface area (Å²) in [5.74, 6) is 2.01. The van der Waals surface area contributed by atoms with Gasteiger partial charge >= 0.3 is 0 Å². The van der Waals surface area contributed by atoms with Gasteiger partial charge in [0.25, 0.3) is 0 Å². The second kappa shape index (κ2) is 5.46. The molecule has 4 heterocycles. The van der Waals surface area contributed by atoms with Gasteiger partial charge in [0.05, 0.1) is 17.6 Å². The van der Waals surface area contributed by atoms with Crippen LogP contribution in [-0.4, -0.2) is 37.4 Å². The first-order chi connectivity index (χ1) is 10.8. The second-order valence-corrected chi connectivity index (χ2v) is 5.73. The molecule has 3 aromatic rings. The van der Waals surface area contributed by atoms with Crippen LogP contribution in [-0.2, 0) is 0 Å². The minimum atomic E-state index is 0.393. The van der Waals surface area contributed by atoms with Gasteiger partial charge in [-0.15, -0.1) is 0 Å². The average Bonchev–Trinajstić information content (AvgIpc) is 2.99. The maximum Gasteiger partial charge on any atom is 0.234 e. The number of hydrogen-bond donors (Lipinski definition) is 1. The number of rotatable bonds is 2. The van der Waals surface area contributed by atoms with E-state index in [2.05, 4.69) is 20.3 Å². The largest absolute Gasteiger partial charge is 0.316 e. The minimum absolute atomic E-state index is 0.393. The lowest BCUT2D eigenvalue weighted by molar-refractivity contribution is 0.446. The Balaban J connectivity index is 1.80. The molecule has 1 N–H and O–H groups in total. The average molecular weight is 294 g/mol. The van der Waals surface area contributed by atoms with Crippen molar-refractivity contribution < 1.29 is 0 Å². The van der Waals surface area contributed by atoms with E-state index in [4.69, 9.17) is 4.98 Å². The molecule has 0 saturated carbocycles. The molecule has 4 rings (SSSR count). The van der Waals surface area contributed by atoms with E-state index in [1.807, 2.05) is 35.9 Å². The van der Waals surface area contributed by atoms with Gasteiger partial charge in [-0.05, 0) is 38.4 Å². The highest BCUT2D eigenvalue weighted by Crippen LogP contribution is 2.24. The summed E-state index contributed by atoms with van der Waals surface area (Å²) < 4.78 is 1.96. The number of aromatic nitrogens is 5. The highest BCUT2D eigenvalue weighted by atomic mass is 15.1. The topological polar surface area (TPSA) is 68.0 Å². The number of nitrogens with zero attached hydrogens (tertiary/aromatic N) is 5. The van der Waals surface area contributed by atoms with E-state index in [1.54, 1.807) is 6.20 Å². The fourth-order valence-corrected chi connectivity index (χ4v) is 2.99. The molecule has 1 aliphatic rings. The number of imidazole rings is 1. The van der Waals surface area contributed by atoms with Gasteiger partial charge in [0.2, 0.25) is 5.78 Å².